The molecule has 0 radical (unpaired) electrons. The molecule has 0 aliphatic heterocycles. The minimum atomic E-state index is 0.601. The highest BCUT2D eigenvalue weighted by Gasteiger charge is 2.19. The van der Waals surface area contributed by atoms with E-state index in [0.717, 1.165) is 66.8 Å². The van der Waals surface area contributed by atoms with Crippen molar-refractivity contribution < 1.29 is 0 Å². The van der Waals surface area contributed by atoms with Crippen molar-refractivity contribution in [2.75, 3.05) is 0 Å². The van der Waals surface area contributed by atoms with E-state index in [9.17, 15) is 0 Å². The molecule has 0 unspecified atom stereocenters. The summed E-state index contributed by atoms with van der Waals surface area (Å²) < 4.78 is 0. The van der Waals surface area contributed by atoms with Gasteiger partial charge in [-0.25, -0.2) is 29.9 Å². The topological polar surface area (TPSA) is 77.3 Å². The third-order valence-electron chi connectivity index (χ3n) is 10.4. The fraction of sp³-hybridized carbons (Fsp3) is 0. The summed E-state index contributed by atoms with van der Waals surface area (Å²) in [6.45, 7) is 0. The Morgan fingerprint density at radius 1 is 0.183 bits per heavy atom. The van der Waals surface area contributed by atoms with Gasteiger partial charge >= 0.3 is 0 Å². The Hall–Kier alpha value is -8.22. The highest BCUT2D eigenvalue weighted by Crippen LogP contribution is 2.42. The van der Waals surface area contributed by atoms with Gasteiger partial charge in [0, 0.05) is 33.4 Å². The molecule has 0 aliphatic rings. The van der Waals surface area contributed by atoms with Crippen molar-refractivity contribution in [2.45, 2.75) is 0 Å². The van der Waals surface area contributed by atoms with Gasteiger partial charge in [-0.2, -0.15) is 0 Å². The van der Waals surface area contributed by atoms with E-state index in [1.54, 1.807) is 0 Å². The monoisotopic (exact) mass is 768 g/mol. The highest BCUT2D eigenvalue weighted by molar-refractivity contribution is 5.96. The largest absolute Gasteiger partial charge is 0.208 e. The van der Waals surface area contributed by atoms with E-state index in [1.807, 2.05) is 121 Å². The molecule has 0 fully saturated rings. The number of nitrogens with zero attached hydrogens (tertiary/aromatic N) is 6. The van der Waals surface area contributed by atoms with Gasteiger partial charge < -0.3 is 0 Å². The highest BCUT2D eigenvalue weighted by atomic mass is 15.0. The van der Waals surface area contributed by atoms with E-state index < -0.39 is 0 Å². The van der Waals surface area contributed by atoms with Crippen molar-refractivity contribution in [3.05, 3.63) is 218 Å². The number of aromatic nitrogens is 6. The number of hydrogen-bond acceptors (Lipinski definition) is 6. The normalized spacial score (nSPS) is 11.0. The Balaban J connectivity index is 1.13. The van der Waals surface area contributed by atoms with Gasteiger partial charge in [0.15, 0.2) is 34.9 Å². The maximum atomic E-state index is 5.06. The van der Waals surface area contributed by atoms with Crippen molar-refractivity contribution >= 4 is 0 Å². The van der Waals surface area contributed by atoms with Gasteiger partial charge in [0.05, 0.1) is 0 Å². The van der Waals surface area contributed by atoms with Gasteiger partial charge in [-0.15, -0.1) is 0 Å². The maximum absolute atomic E-state index is 5.06. The second-order valence-corrected chi connectivity index (χ2v) is 14.3. The Morgan fingerprint density at radius 2 is 0.433 bits per heavy atom. The van der Waals surface area contributed by atoms with E-state index in [0.29, 0.717) is 34.9 Å². The molecule has 6 heteroatoms. The Labute approximate surface area is 348 Å². The summed E-state index contributed by atoms with van der Waals surface area (Å²) in [7, 11) is 0. The molecule has 0 aliphatic carbocycles. The van der Waals surface area contributed by atoms with E-state index in [-0.39, 0.29) is 0 Å². The summed E-state index contributed by atoms with van der Waals surface area (Å²) in [6, 6.07) is 74.3. The predicted octanol–water partition coefficient (Wildman–Crippen LogP) is 13.1. The minimum Gasteiger partial charge on any atom is -0.208 e. The second kappa shape index (κ2) is 16.3. The molecule has 6 nitrogen and oxygen atoms in total. The molecule has 10 aromatic rings. The fourth-order valence-corrected chi connectivity index (χ4v) is 7.48. The van der Waals surface area contributed by atoms with Crippen molar-refractivity contribution in [3.8, 4) is 102 Å². The predicted molar refractivity (Wildman–Crippen MR) is 242 cm³/mol. The summed E-state index contributed by atoms with van der Waals surface area (Å²) in [5.41, 5.74) is 11.9. The van der Waals surface area contributed by atoms with Gasteiger partial charge in [-0.05, 0) is 45.5 Å². The number of hydrogen-bond donors (Lipinski definition) is 0. The standard InChI is InChI=1S/C54H36N6/c1-6-19-37(20-7-1)46-33-18-34-47(42-29-16-31-44(35-42)53-57-49(38-21-8-2-9-22-38)55-50(58-53)39-23-10-3-11-24-39)48(46)43-30-17-32-45(36-43)54-59-51(40-25-12-4-13-26-40)56-52(60-54)41-27-14-5-15-28-41/h1-36H. The lowest BCUT2D eigenvalue weighted by atomic mass is 9.86. The van der Waals surface area contributed by atoms with Crippen LogP contribution in [0.5, 0.6) is 0 Å². The maximum Gasteiger partial charge on any atom is 0.164 e. The zero-order valence-corrected chi connectivity index (χ0v) is 32.5. The molecule has 60 heavy (non-hydrogen) atoms. The van der Waals surface area contributed by atoms with Crippen LogP contribution in [0.2, 0.25) is 0 Å². The first kappa shape index (κ1) is 36.1. The van der Waals surface area contributed by atoms with Crippen LogP contribution in [0.3, 0.4) is 0 Å². The molecule has 0 spiro atoms. The van der Waals surface area contributed by atoms with E-state index in [4.69, 9.17) is 29.9 Å². The molecule has 2 heterocycles. The average molecular weight is 769 g/mol. The van der Waals surface area contributed by atoms with Crippen molar-refractivity contribution in [2.24, 2.45) is 0 Å². The molecule has 0 bridgehead atoms. The molecule has 0 saturated heterocycles. The van der Waals surface area contributed by atoms with Crippen LogP contribution in [-0.2, 0) is 0 Å². The Morgan fingerprint density at radius 3 is 0.817 bits per heavy atom. The fourth-order valence-electron chi connectivity index (χ4n) is 7.48. The zero-order chi connectivity index (χ0) is 40.1. The Bertz CT molecular complexity index is 2950. The molecule has 0 saturated carbocycles. The molecule has 2 aromatic heterocycles. The SMILES string of the molecule is c1ccc(-c2nc(-c3ccccc3)nc(-c3cccc(-c4cccc(-c5ccccc5)c4-c4cccc(-c5nc(-c6ccccc6)nc(-c6ccccc6)n5)c4)c3)n2)cc1. The van der Waals surface area contributed by atoms with Crippen LogP contribution < -0.4 is 0 Å². The summed E-state index contributed by atoms with van der Waals surface area (Å²) in [6.07, 6.45) is 0. The van der Waals surface area contributed by atoms with Crippen LogP contribution >= 0.6 is 0 Å². The third kappa shape index (κ3) is 7.49. The van der Waals surface area contributed by atoms with E-state index >= 15 is 0 Å². The summed E-state index contributed by atoms with van der Waals surface area (Å²) in [4.78, 5) is 30.0. The molecule has 282 valence electrons. The molecule has 10 rings (SSSR count). The van der Waals surface area contributed by atoms with Gasteiger partial charge in [-0.3, -0.25) is 0 Å². The third-order valence-corrected chi connectivity index (χ3v) is 10.4. The van der Waals surface area contributed by atoms with Crippen LogP contribution in [0.4, 0.5) is 0 Å². The first-order valence-electron chi connectivity index (χ1n) is 19.9. The smallest absolute Gasteiger partial charge is 0.164 e. The summed E-state index contributed by atoms with van der Waals surface area (Å²) in [5.74, 6) is 3.69. The quantitative estimate of drug-likeness (QED) is 0.145. The van der Waals surface area contributed by atoms with Crippen molar-refractivity contribution in [1.82, 2.24) is 29.9 Å². The second-order valence-electron chi connectivity index (χ2n) is 14.3. The number of benzene rings is 8. The van der Waals surface area contributed by atoms with E-state index in [2.05, 4.69) is 97.1 Å². The molecule has 0 atom stereocenters. The Kier molecular flexibility index (Phi) is 9.84. The first-order valence-corrected chi connectivity index (χ1v) is 19.9. The molecular formula is C54H36N6. The van der Waals surface area contributed by atoms with Gasteiger partial charge in [0.25, 0.3) is 0 Å². The lowest BCUT2D eigenvalue weighted by Gasteiger charge is -2.18. The average Bonchev–Trinajstić information content (AvgIpc) is 3.35. The van der Waals surface area contributed by atoms with E-state index in [1.165, 1.54) is 0 Å². The minimum absolute atomic E-state index is 0.601. The lowest BCUT2D eigenvalue weighted by Crippen LogP contribution is -2.00. The van der Waals surface area contributed by atoms with Crippen LogP contribution in [0.1, 0.15) is 0 Å². The van der Waals surface area contributed by atoms with Gasteiger partial charge in [0.2, 0.25) is 0 Å². The number of rotatable bonds is 9. The van der Waals surface area contributed by atoms with Crippen LogP contribution in [0.25, 0.3) is 102 Å². The molecular weight excluding hydrogens is 733 g/mol. The van der Waals surface area contributed by atoms with Crippen molar-refractivity contribution in [3.63, 3.8) is 0 Å². The van der Waals surface area contributed by atoms with Crippen LogP contribution in [0.15, 0.2) is 218 Å². The van der Waals surface area contributed by atoms with Crippen LogP contribution in [0, 0.1) is 0 Å². The molecule has 8 aromatic carbocycles. The molecule has 0 N–H and O–H groups in total. The molecule has 0 amide bonds. The zero-order valence-electron chi connectivity index (χ0n) is 32.5. The summed E-state index contributed by atoms with van der Waals surface area (Å²) in [5, 5.41) is 0. The lowest BCUT2D eigenvalue weighted by molar-refractivity contribution is 1.07. The summed E-state index contributed by atoms with van der Waals surface area (Å²) >= 11 is 0. The van der Waals surface area contributed by atoms with Gasteiger partial charge in [0.1, 0.15) is 0 Å². The van der Waals surface area contributed by atoms with Crippen LogP contribution in [-0.4, -0.2) is 29.9 Å². The first-order chi connectivity index (χ1) is 29.7. The van der Waals surface area contributed by atoms with Gasteiger partial charge in [-0.1, -0.05) is 206 Å². The van der Waals surface area contributed by atoms with Crippen molar-refractivity contribution in [1.29, 1.82) is 0 Å².